The van der Waals surface area contributed by atoms with Crippen LogP contribution in [0, 0.1) is 0 Å². The molecule has 0 spiro atoms. The lowest BCUT2D eigenvalue weighted by Gasteiger charge is -2.27. The number of benzene rings is 3. The summed E-state index contributed by atoms with van der Waals surface area (Å²) in [7, 11) is 1.27. The van der Waals surface area contributed by atoms with E-state index in [1.165, 1.54) is 7.11 Å². The number of imidazole rings is 2. The molecule has 1 unspecified atom stereocenters. The number of alkyl carbamates (subject to hydrolysis) is 1. The maximum Gasteiger partial charge on any atom is 0.407 e. The van der Waals surface area contributed by atoms with Crippen molar-refractivity contribution in [2.24, 2.45) is 0 Å². The van der Waals surface area contributed by atoms with Crippen LogP contribution in [-0.4, -0.2) is 86.8 Å². The van der Waals surface area contributed by atoms with E-state index in [-0.39, 0.29) is 43.0 Å². The molecule has 3 atom stereocenters. The summed E-state index contributed by atoms with van der Waals surface area (Å²) in [5, 5.41) is 6.94. The molecule has 8 rings (SSSR count). The number of fused-ring (bicyclic) bond motifs is 6. The first kappa shape index (κ1) is 32.3. The number of methoxy groups -OCH3 is 1. The van der Waals surface area contributed by atoms with E-state index < -0.39 is 6.09 Å². The van der Waals surface area contributed by atoms with Crippen LogP contribution in [0.2, 0.25) is 0 Å². The van der Waals surface area contributed by atoms with Gasteiger partial charge in [-0.1, -0.05) is 18.2 Å². The molecule has 0 radical (unpaired) electrons. The minimum absolute atomic E-state index is 0.0343. The van der Waals surface area contributed by atoms with Gasteiger partial charge in [-0.3, -0.25) is 14.4 Å². The first-order valence-corrected chi connectivity index (χ1v) is 17.2. The lowest BCUT2D eigenvalue weighted by Crippen LogP contribution is -2.41. The van der Waals surface area contributed by atoms with Gasteiger partial charge in [-0.15, -0.1) is 0 Å². The van der Waals surface area contributed by atoms with Crippen LogP contribution in [0.15, 0.2) is 48.7 Å². The van der Waals surface area contributed by atoms with Crippen LogP contribution in [0.25, 0.3) is 44.2 Å². The molecule has 2 fully saturated rings. The van der Waals surface area contributed by atoms with Crippen LogP contribution in [0.4, 0.5) is 4.79 Å². The molecule has 14 heteroatoms. The van der Waals surface area contributed by atoms with Gasteiger partial charge in [-0.25, -0.2) is 14.8 Å². The number of aromatic amines is 2. The summed E-state index contributed by atoms with van der Waals surface area (Å²) in [6.45, 7) is 2.84. The van der Waals surface area contributed by atoms with E-state index in [1.54, 1.807) is 11.1 Å². The van der Waals surface area contributed by atoms with Gasteiger partial charge in [0, 0.05) is 23.5 Å². The summed E-state index contributed by atoms with van der Waals surface area (Å²) in [6, 6.07) is 14.2. The molecule has 0 aliphatic carbocycles. The topological polar surface area (TPSA) is 175 Å². The number of ether oxygens (including phenoxy) is 2. The molecule has 2 saturated heterocycles. The van der Waals surface area contributed by atoms with E-state index in [9.17, 15) is 19.2 Å². The molecule has 5 aromatic rings. The molecule has 4 amide bonds. The average molecular weight is 691 g/mol. The van der Waals surface area contributed by atoms with E-state index in [0.717, 1.165) is 92.8 Å². The third-order valence-corrected chi connectivity index (χ3v) is 10.3. The number of aromatic nitrogens is 4. The quantitative estimate of drug-likeness (QED) is 0.172. The molecular weight excluding hydrogens is 652 g/mol. The van der Waals surface area contributed by atoms with Crippen molar-refractivity contribution in [2.45, 2.75) is 57.3 Å². The predicted octanol–water partition coefficient (Wildman–Crippen LogP) is 4.48. The second kappa shape index (κ2) is 13.1. The van der Waals surface area contributed by atoms with Gasteiger partial charge in [-0.05, 0) is 78.9 Å². The Bertz CT molecular complexity index is 2190. The average Bonchev–Trinajstić information content (AvgIpc) is 3.97. The number of hydrogen-bond donors (Lipinski definition) is 4. The highest BCUT2D eigenvalue weighted by atomic mass is 16.5. The normalized spacial score (nSPS) is 19.5. The van der Waals surface area contributed by atoms with Gasteiger partial charge in [0.25, 0.3) is 0 Å². The molecule has 2 aromatic heterocycles. The number of nitrogens with zero attached hydrogens (tertiary/aromatic N) is 4. The summed E-state index contributed by atoms with van der Waals surface area (Å²) >= 11 is 0. The minimum atomic E-state index is -0.641. The molecule has 262 valence electrons. The number of likely N-dealkylation sites (tertiary alicyclic amines) is 2. The van der Waals surface area contributed by atoms with Crippen LogP contribution in [0.1, 0.15) is 61.9 Å². The predicted molar refractivity (Wildman–Crippen MR) is 187 cm³/mol. The van der Waals surface area contributed by atoms with E-state index >= 15 is 0 Å². The summed E-state index contributed by atoms with van der Waals surface area (Å²) in [6.07, 6.45) is 4.99. The molecule has 5 heterocycles. The number of nitrogens with one attached hydrogen (secondary N) is 4. The Kier molecular flexibility index (Phi) is 8.28. The van der Waals surface area contributed by atoms with Crippen molar-refractivity contribution >= 4 is 46.1 Å². The summed E-state index contributed by atoms with van der Waals surface area (Å²) in [5.74, 6) is 1.92. The van der Waals surface area contributed by atoms with Gasteiger partial charge in [0.2, 0.25) is 18.2 Å². The van der Waals surface area contributed by atoms with Crippen LogP contribution in [-0.2, 0) is 25.7 Å². The maximum absolute atomic E-state index is 12.9. The van der Waals surface area contributed by atoms with Crippen LogP contribution >= 0.6 is 0 Å². The van der Waals surface area contributed by atoms with Crippen LogP contribution in [0.3, 0.4) is 0 Å². The monoisotopic (exact) mass is 690 g/mol. The molecular formula is C37H38N8O6. The fourth-order valence-corrected chi connectivity index (χ4v) is 7.85. The van der Waals surface area contributed by atoms with Crippen molar-refractivity contribution in [3.63, 3.8) is 0 Å². The largest absolute Gasteiger partial charge is 0.488 e. The summed E-state index contributed by atoms with van der Waals surface area (Å²) in [4.78, 5) is 68.2. The van der Waals surface area contributed by atoms with Gasteiger partial charge in [0.1, 0.15) is 30.5 Å². The summed E-state index contributed by atoms with van der Waals surface area (Å²) in [5.41, 5.74) is 6.66. The molecule has 0 bridgehead atoms. The zero-order valence-electron chi connectivity index (χ0n) is 28.3. The number of carbonyl (C=O) groups is 4. The highest BCUT2D eigenvalue weighted by molar-refractivity contribution is 6.07. The van der Waals surface area contributed by atoms with Crippen molar-refractivity contribution in [3.8, 4) is 28.1 Å². The number of hydrogen-bond acceptors (Lipinski definition) is 8. The van der Waals surface area contributed by atoms with E-state index in [4.69, 9.17) is 9.72 Å². The Labute approximate surface area is 292 Å². The molecule has 3 aliphatic rings. The van der Waals surface area contributed by atoms with Crippen molar-refractivity contribution in [2.75, 3.05) is 26.7 Å². The van der Waals surface area contributed by atoms with Crippen LogP contribution < -0.4 is 15.4 Å². The molecule has 3 aromatic carbocycles. The summed E-state index contributed by atoms with van der Waals surface area (Å²) < 4.78 is 10.9. The Morgan fingerprint density at radius 2 is 1.88 bits per heavy atom. The second-order valence-electron chi connectivity index (χ2n) is 13.3. The fraction of sp³-hybridized carbons (Fsp3) is 0.351. The first-order valence-electron chi connectivity index (χ1n) is 17.2. The highest BCUT2D eigenvalue weighted by Crippen LogP contribution is 2.43. The van der Waals surface area contributed by atoms with Crippen molar-refractivity contribution in [1.82, 2.24) is 40.4 Å². The van der Waals surface area contributed by atoms with E-state index in [2.05, 4.69) is 60.7 Å². The fourth-order valence-electron chi connectivity index (χ4n) is 7.85. The lowest BCUT2D eigenvalue weighted by atomic mass is 9.92. The highest BCUT2D eigenvalue weighted by Gasteiger charge is 2.37. The number of H-pyrrole nitrogens is 2. The van der Waals surface area contributed by atoms with Gasteiger partial charge in [0.15, 0.2) is 0 Å². The molecule has 4 N–H and O–H groups in total. The maximum atomic E-state index is 12.9. The SMILES string of the molecule is COC(=O)NCC(=O)N1CCC[C@H]1c1nc2c(ccc3cc4c(cc32)OCc2cc(-c3cnc(C5CC[C@H](C)N5C(=O)CNC=O)[nH]3)ccc2-4)[nH]1. The number of amides is 4. The van der Waals surface area contributed by atoms with Crippen molar-refractivity contribution in [1.29, 1.82) is 0 Å². The Balaban J connectivity index is 1.05. The lowest BCUT2D eigenvalue weighted by molar-refractivity contribution is -0.134. The Hall–Kier alpha value is -5.92. The van der Waals surface area contributed by atoms with Crippen molar-refractivity contribution in [3.05, 3.63) is 65.9 Å². The first-order chi connectivity index (χ1) is 24.8. The minimum Gasteiger partial charge on any atom is -0.488 e. The molecule has 14 nitrogen and oxygen atoms in total. The second-order valence-corrected chi connectivity index (χ2v) is 13.3. The van der Waals surface area contributed by atoms with Gasteiger partial charge in [-0.2, -0.15) is 0 Å². The van der Waals surface area contributed by atoms with E-state index in [1.807, 2.05) is 24.0 Å². The zero-order chi connectivity index (χ0) is 35.2. The van der Waals surface area contributed by atoms with Gasteiger partial charge < -0.3 is 39.9 Å². The zero-order valence-corrected chi connectivity index (χ0v) is 28.3. The number of rotatable bonds is 8. The number of carbonyl (C=O) groups excluding carboxylic acids is 4. The van der Waals surface area contributed by atoms with Crippen LogP contribution in [0.5, 0.6) is 5.75 Å². The van der Waals surface area contributed by atoms with Gasteiger partial charge >= 0.3 is 6.09 Å². The standard InChI is InChI=1S/C37H38N8O6/c1-20-5-10-30(45(20)33(48)16-38-19-46)35-39-15-28(42-35)22-6-8-24-23(12-22)18-51-31-14-25-21(13-26(24)31)7-9-27-34(25)43-36(41-27)29-4-3-11-44(29)32(47)17-40-37(49)50-2/h6-9,12-15,19-20,29-30H,3-5,10-11,16-18H2,1-2H3,(H,38,46)(H,39,42)(H,40,49)(H,41,43)/t20-,29-,30?/m0/s1. The van der Waals surface area contributed by atoms with E-state index in [0.29, 0.717) is 19.6 Å². The smallest absolute Gasteiger partial charge is 0.407 e. The molecule has 3 aliphatic heterocycles. The third kappa shape index (κ3) is 5.79. The van der Waals surface area contributed by atoms with Gasteiger partial charge in [0.05, 0.1) is 48.7 Å². The molecule has 0 saturated carbocycles. The Morgan fingerprint density at radius 1 is 1.00 bits per heavy atom. The van der Waals surface area contributed by atoms with Crippen molar-refractivity contribution < 1.29 is 28.7 Å². The third-order valence-electron chi connectivity index (χ3n) is 10.3. The molecule has 51 heavy (non-hydrogen) atoms. The Morgan fingerprint density at radius 3 is 2.73 bits per heavy atom.